The maximum atomic E-state index is 13.8. The number of ether oxygens (including phenoxy) is 5. The summed E-state index contributed by atoms with van der Waals surface area (Å²) in [6, 6.07) is 17.4. The number of aliphatic carboxylic acids is 1. The standard InChI is InChI=1S/C31H36N3O14P/c1-29(2)46-23-21(45-26(30(23,3)48-29)34-16-15-22(35)32-28(34)39)18-44-49(40,41)47-27(38)31(42-4,33-20-13-9-6-10-14-20)24(25(36)37)43-17-19-11-7-5-8-12-19/h5-16,21,23-24,26,33H,17-18H2,1-4H3,(H,36,37)(H,40,41)(H,32,35,39)/t21-,23-,24?,26-,30-,31-/m1/s1. The molecule has 3 heterocycles. The molecule has 2 unspecified atom stereocenters. The molecule has 0 saturated carbocycles. The van der Waals surface area contributed by atoms with E-state index in [0.717, 1.165) is 17.7 Å². The maximum absolute atomic E-state index is 13.8. The zero-order chi connectivity index (χ0) is 35.6. The second-order valence-electron chi connectivity index (χ2n) is 11.9. The van der Waals surface area contributed by atoms with Crippen molar-refractivity contribution in [3.05, 3.63) is 99.3 Å². The Hall–Kier alpha value is -4.19. The summed E-state index contributed by atoms with van der Waals surface area (Å²) in [5, 5.41) is 12.8. The smallest absolute Gasteiger partial charge is 0.479 e. The Kier molecular flexibility index (Phi) is 10.3. The first-order chi connectivity index (χ1) is 23.1. The zero-order valence-corrected chi connectivity index (χ0v) is 27.7. The molecule has 0 radical (unpaired) electrons. The van der Waals surface area contributed by atoms with Crippen molar-refractivity contribution in [1.29, 1.82) is 0 Å². The van der Waals surface area contributed by atoms with Crippen molar-refractivity contribution in [1.82, 2.24) is 9.55 Å². The SMILES string of the molecule is CO[C@@](Nc1ccccc1)(C(=O)OP(=O)(O)OC[C@H]1O[C@@H](n2ccc(=O)[nH]c2=O)[C@]2(C)OC(C)(C)O[C@H]12)C(OCc1ccccc1)C(=O)O. The summed E-state index contributed by atoms with van der Waals surface area (Å²) in [4.78, 5) is 63.5. The number of H-pyrrole nitrogens is 1. The Morgan fingerprint density at radius 3 is 2.35 bits per heavy atom. The fourth-order valence-electron chi connectivity index (χ4n) is 5.81. The third-order valence-electron chi connectivity index (χ3n) is 7.86. The molecule has 264 valence electrons. The minimum absolute atomic E-state index is 0.188. The molecule has 4 N–H and O–H groups in total. The summed E-state index contributed by atoms with van der Waals surface area (Å²) in [5.41, 5.74) is -4.76. The average molecular weight is 706 g/mol. The highest BCUT2D eigenvalue weighted by Gasteiger charge is 2.65. The number of para-hydroxylation sites is 1. The summed E-state index contributed by atoms with van der Waals surface area (Å²) in [7, 11) is -4.38. The third kappa shape index (κ3) is 7.69. The van der Waals surface area contributed by atoms with E-state index in [4.69, 9.17) is 32.7 Å². The van der Waals surface area contributed by atoms with Crippen LogP contribution in [0, 0.1) is 0 Å². The Morgan fingerprint density at radius 1 is 1.08 bits per heavy atom. The number of fused-ring (bicyclic) bond motifs is 1. The number of anilines is 1. The van der Waals surface area contributed by atoms with Crippen LogP contribution in [0.4, 0.5) is 5.69 Å². The van der Waals surface area contributed by atoms with Crippen molar-refractivity contribution >= 4 is 25.4 Å². The first-order valence-corrected chi connectivity index (χ1v) is 16.4. The lowest BCUT2D eigenvalue weighted by Gasteiger charge is -2.36. The molecule has 2 aliphatic heterocycles. The van der Waals surface area contributed by atoms with Gasteiger partial charge >= 0.3 is 25.5 Å². The molecule has 49 heavy (non-hydrogen) atoms. The Morgan fingerprint density at radius 2 is 1.73 bits per heavy atom. The van der Waals surface area contributed by atoms with E-state index >= 15 is 0 Å². The van der Waals surface area contributed by atoms with E-state index in [2.05, 4.69) is 10.3 Å². The lowest BCUT2D eigenvalue weighted by molar-refractivity contribution is -0.218. The number of nitrogens with one attached hydrogen (secondary N) is 2. The molecule has 3 aromatic rings. The van der Waals surface area contributed by atoms with Gasteiger partial charge < -0.3 is 38.6 Å². The molecular formula is C31H36N3O14P. The number of phosphoric acid groups is 1. The number of rotatable bonds is 14. The van der Waals surface area contributed by atoms with Crippen LogP contribution in [-0.2, 0) is 53.5 Å². The molecule has 17 nitrogen and oxygen atoms in total. The van der Waals surface area contributed by atoms with E-state index < -0.39 is 79.3 Å². The van der Waals surface area contributed by atoms with Gasteiger partial charge in [0.1, 0.15) is 17.8 Å². The van der Waals surface area contributed by atoms with Crippen LogP contribution in [0.25, 0.3) is 0 Å². The van der Waals surface area contributed by atoms with Gasteiger partial charge in [0.15, 0.2) is 12.0 Å². The van der Waals surface area contributed by atoms with E-state index in [-0.39, 0.29) is 12.3 Å². The number of aromatic nitrogens is 2. The predicted octanol–water partition coefficient (Wildman–Crippen LogP) is 2.13. The number of methoxy groups -OCH3 is 1. The Bertz CT molecular complexity index is 1820. The summed E-state index contributed by atoms with van der Waals surface area (Å²) in [6.45, 7) is 3.81. The van der Waals surface area contributed by atoms with Crippen LogP contribution in [0.3, 0.4) is 0 Å². The van der Waals surface area contributed by atoms with Crippen molar-refractivity contribution in [2.24, 2.45) is 0 Å². The predicted molar refractivity (Wildman–Crippen MR) is 168 cm³/mol. The molecular weight excluding hydrogens is 669 g/mol. The largest absolute Gasteiger partial charge is 0.529 e. The van der Waals surface area contributed by atoms with E-state index in [0.29, 0.717) is 5.56 Å². The molecule has 7 atom stereocenters. The summed E-state index contributed by atoms with van der Waals surface area (Å²) >= 11 is 0. The highest BCUT2D eigenvalue weighted by molar-refractivity contribution is 7.48. The van der Waals surface area contributed by atoms with Crippen LogP contribution in [-0.4, -0.2) is 80.6 Å². The molecule has 2 fully saturated rings. The van der Waals surface area contributed by atoms with Crippen LogP contribution in [0.15, 0.2) is 82.5 Å². The van der Waals surface area contributed by atoms with Gasteiger partial charge in [0, 0.05) is 25.1 Å². The van der Waals surface area contributed by atoms with Crippen molar-refractivity contribution in [3.63, 3.8) is 0 Å². The summed E-state index contributed by atoms with van der Waals surface area (Å²) in [6.07, 6.45) is -4.26. The van der Waals surface area contributed by atoms with Crippen LogP contribution < -0.4 is 16.6 Å². The van der Waals surface area contributed by atoms with E-state index in [1.54, 1.807) is 69.3 Å². The Labute approximate surface area is 279 Å². The number of carboxylic acid groups (broad SMARTS) is 1. The van der Waals surface area contributed by atoms with Gasteiger partial charge in [0.25, 0.3) is 11.3 Å². The van der Waals surface area contributed by atoms with Crippen LogP contribution in [0.2, 0.25) is 0 Å². The number of hydrogen-bond donors (Lipinski definition) is 4. The molecule has 0 aliphatic carbocycles. The second-order valence-corrected chi connectivity index (χ2v) is 13.2. The number of benzene rings is 2. The van der Waals surface area contributed by atoms with Gasteiger partial charge in [0.2, 0.25) is 6.10 Å². The van der Waals surface area contributed by atoms with Gasteiger partial charge in [-0.2, -0.15) is 0 Å². The fraction of sp³-hybridized carbons (Fsp3) is 0.419. The van der Waals surface area contributed by atoms with Gasteiger partial charge in [-0.25, -0.2) is 18.9 Å². The number of phosphoric ester groups is 1. The minimum atomic E-state index is -5.37. The van der Waals surface area contributed by atoms with E-state index in [1.165, 1.54) is 18.3 Å². The third-order valence-corrected chi connectivity index (χ3v) is 8.73. The molecule has 5 rings (SSSR count). The van der Waals surface area contributed by atoms with Gasteiger partial charge in [-0.1, -0.05) is 48.5 Å². The quantitative estimate of drug-likeness (QED) is 0.139. The van der Waals surface area contributed by atoms with E-state index in [9.17, 15) is 33.7 Å². The van der Waals surface area contributed by atoms with Crippen LogP contribution in [0.5, 0.6) is 0 Å². The van der Waals surface area contributed by atoms with Gasteiger partial charge in [-0.05, 0) is 38.5 Å². The Balaban J connectivity index is 1.38. The lowest BCUT2D eigenvalue weighted by Crippen LogP contribution is -2.61. The van der Waals surface area contributed by atoms with Crippen molar-refractivity contribution < 1.29 is 56.9 Å². The molecule has 0 amide bonds. The molecule has 0 spiro atoms. The monoisotopic (exact) mass is 705 g/mol. The second kappa shape index (κ2) is 14.0. The topological polar surface area (TPSA) is 223 Å². The summed E-state index contributed by atoms with van der Waals surface area (Å²) < 4.78 is 53.7. The van der Waals surface area contributed by atoms with Gasteiger partial charge in [0.05, 0.1) is 13.2 Å². The summed E-state index contributed by atoms with van der Waals surface area (Å²) in [5.74, 6) is -4.50. The van der Waals surface area contributed by atoms with Crippen LogP contribution in [0.1, 0.15) is 32.6 Å². The first kappa shape index (κ1) is 36.1. The number of aromatic amines is 1. The fourth-order valence-corrected chi connectivity index (χ4v) is 6.54. The number of hydrogen-bond acceptors (Lipinski definition) is 13. The van der Waals surface area contributed by atoms with Crippen molar-refractivity contribution in [3.8, 4) is 0 Å². The van der Waals surface area contributed by atoms with Crippen LogP contribution >= 0.6 is 7.82 Å². The maximum Gasteiger partial charge on any atom is 0.529 e. The molecule has 2 saturated heterocycles. The first-order valence-electron chi connectivity index (χ1n) is 14.9. The normalized spacial score (nSPS) is 25.8. The van der Waals surface area contributed by atoms with Crippen molar-refractivity contribution in [2.45, 2.75) is 69.0 Å². The van der Waals surface area contributed by atoms with E-state index in [1.807, 2.05) is 0 Å². The molecule has 18 heteroatoms. The highest BCUT2D eigenvalue weighted by atomic mass is 31.2. The average Bonchev–Trinajstić information content (AvgIpc) is 3.44. The van der Waals surface area contributed by atoms with Gasteiger partial charge in [-0.15, -0.1) is 0 Å². The molecule has 1 aromatic heterocycles. The molecule has 0 bridgehead atoms. The minimum Gasteiger partial charge on any atom is -0.479 e. The molecule has 2 aliphatic rings. The molecule has 2 aromatic carbocycles. The highest BCUT2D eigenvalue weighted by Crippen LogP contribution is 2.52. The number of nitrogens with zero attached hydrogens (tertiary/aromatic N) is 1. The van der Waals surface area contributed by atoms with Crippen molar-refractivity contribution in [2.75, 3.05) is 19.0 Å². The number of carbonyl (C=O) groups excluding carboxylic acids is 1. The lowest BCUT2D eigenvalue weighted by atomic mass is 9.96. The number of carboxylic acids is 1. The number of carbonyl (C=O) groups is 2. The van der Waals surface area contributed by atoms with Gasteiger partial charge in [-0.3, -0.25) is 23.8 Å². The zero-order valence-electron chi connectivity index (χ0n) is 26.8.